The quantitative estimate of drug-likeness (QED) is 0.698. The molecule has 1 aromatic heterocycles. The van der Waals surface area contributed by atoms with E-state index >= 15 is 0 Å². The fourth-order valence-corrected chi connectivity index (χ4v) is 2.04. The van der Waals surface area contributed by atoms with E-state index < -0.39 is 6.10 Å². The predicted molar refractivity (Wildman–Crippen MR) is 74.4 cm³/mol. The minimum Gasteiger partial charge on any atom is -0.491 e. The molecule has 0 saturated carbocycles. The van der Waals surface area contributed by atoms with Gasteiger partial charge in [-0.15, -0.1) is 0 Å². The predicted octanol–water partition coefficient (Wildman–Crippen LogP) is 1.06. The van der Waals surface area contributed by atoms with Crippen LogP contribution in [0.25, 0.3) is 10.9 Å². The second-order valence-corrected chi connectivity index (χ2v) is 4.48. The molecule has 0 aliphatic rings. The Labute approximate surface area is 112 Å². The molecular weight excluding hydrogens is 244 g/mol. The maximum absolute atomic E-state index is 9.55. The van der Waals surface area contributed by atoms with Crippen LogP contribution in [0.15, 0.2) is 24.4 Å². The highest BCUT2D eigenvalue weighted by Gasteiger charge is 2.07. The Balaban J connectivity index is 2.09. The van der Waals surface area contributed by atoms with Crippen LogP contribution in [0, 0.1) is 0 Å². The summed E-state index contributed by atoms with van der Waals surface area (Å²) in [4.78, 5) is 3.20. The summed E-state index contributed by atoms with van der Waals surface area (Å²) in [6.07, 6.45) is 2.19. The number of nitrogens with two attached hydrogens (primary N) is 1. The van der Waals surface area contributed by atoms with Crippen molar-refractivity contribution in [1.82, 2.24) is 4.98 Å². The number of fused-ring (bicyclic) bond motifs is 1. The van der Waals surface area contributed by atoms with Crippen molar-refractivity contribution in [3.05, 3.63) is 30.0 Å². The second-order valence-electron chi connectivity index (χ2n) is 4.48. The smallest absolute Gasteiger partial charge is 0.120 e. The topological polar surface area (TPSA) is 80.5 Å². The summed E-state index contributed by atoms with van der Waals surface area (Å²) in [6.45, 7) is 1.10. The summed E-state index contributed by atoms with van der Waals surface area (Å²) in [5, 5.41) is 10.7. The van der Waals surface area contributed by atoms with Crippen molar-refractivity contribution in [3.8, 4) is 5.75 Å². The van der Waals surface area contributed by atoms with Crippen LogP contribution in [0.5, 0.6) is 5.75 Å². The lowest BCUT2D eigenvalue weighted by molar-refractivity contribution is 0.0326. The number of hydrogen-bond acceptors (Lipinski definition) is 4. The molecule has 0 bridgehead atoms. The van der Waals surface area contributed by atoms with Gasteiger partial charge in [0, 0.05) is 24.2 Å². The Hall–Kier alpha value is -1.56. The number of hydrogen-bond donors (Lipinski definition) is 3. The molecule has 5 nitrogen and oxygen atoms in total. The standard InChI is InChI=1S/C14H20N2O3/c1-18-8-11(17)9-19-12-2-3-14-13(6-12)10(4-5-15)7-16-14/h2-3,6-7,11,16-17H,4-5,8-9,15H2,1H3. The van der Waals surface area contributed by atoms with Gasteiger partial charge >= 0.3 is 0 Å². The zero-order valence-corrected chi connectivity index (χ0v) is 11.1. The minimum atomic E-state index is -0.615. The first-order valence-corrected chi connectivity index (χ1v) is 6.34. The zero-order chi connectivity index (χ0) is 13.7. The van der Waals surface area contributed by atoms with Crippen molar-refractivity contribution in [3.63, 3.8) is 0 Å². The number of rotatable bonds is 7. The third kappa shape index (κ3) is 3.47. The van der Waals surface area contributed by atoms with Gasteiger partial charge < -0.3 is 25.3 Å². The number of aromatic amines is 1. The highest BCUT2D eigenvalue weighted by molar-refractivity contribution is 5.84. The molecule has 0 aliphatic heterocycles. The van der Waals surface area contributed by atoms with Gasteiger partial charge in [-0.25, -0.2) is 0 Å². The Morgan fingerprint density at radius 3 is 2.95 bits per heavy atom. The van der Waals surface area contributed by atoms with Crippen LogP contribution < -0.4 is 10.5 Å². The summed E-state index contributed by atoms with van der Waals surface area (Å²) in [7, 11) is 1.55. The highest BCUT2D eigenvalue weighted by Crippen LogP contribution is 2.24. The van der Waals surface area contributed by atoms with Gasteiger partial charge in [0.1, 0.15) is 18.5 Å². The summed E-state index contributed by atoms with van der Waals surface area (Å²) >= 11 is 0. The van der Waals surface area contributed by atoms with Gasteiger partial charge in [0.05, 0.1) is 6.61 Å². The third-order valence-corrected chi connectivity index (χ3v) is 2.95. The first kappa shape index (κ1) is 13.9. The second kappa shape index (κ2) is 6.56. The van der Waals surface area contributed by atoms with Crippen LogP contribution in [0.4, 0.5) is 0 Å². The molecule has 0 amide bonds. The zero-order valence-electron chi connectivity index (χ0n) is 11.1. The van der Waals surface area contributed by atoms with E-state index in [2.05, 4.69) is 4.98 Å². The molecule has 1 unspecified atom stereocenters. The van der Waals surface area contributed by atoms with E-state index in [1.165, 1.54) is 5.56 Å². The molecule has 19 heavy (non-hydrogen) atoms. The molecule has 0 fully saturated rings. The summed E-state index contributed by atoms with van der Waals surface area (Å²) in [5.74, 6) is 0.737. The number of H-pyrrole nitrogens is 1. The Morgan fingerprint density at radius 1 is 1.37 bits per heavy atom. The van der Waals surface area contributed by atoms with Crippen molar-refractivity contribution in [2.45, 2.75) is 12.5 Å². The molecule has 1 heterocycles. The molecular formula is C14H20N2O3. The molecule has 2 rings (SSSR count). The number of aromatic nitrogens is 1. The number of nitrogens with one attached hydrogen (secondary N) is 1. The average Bonchev–Trinajstić information content (AvgIpc) is 2.80. The van der Waals surface area contributed by atoms with E-state index in [0.717, 1.165) is 23.1 Å². The fraction of sp³-hybridized carbons (Fsp3) is 0.429. The monoisotopic (exact) mass is 264 g/mol. The highest BCUT2D eigenvalue weighted by atomic mass is 16.5. The summed E-state index contributed by atoms with van der Waals surface area (Å²) < 4.78 is 10.4. The lowest BCUT2D eigenvalue weighted by Gasteiger charge is -2.11. The molecule has 1 atom stereocenters. The van der Waals surface area contributed by atoms with Crippen molar-refractivity contribution in [2.24, 2.45) is 5.73 Å². The van der Waals surface area contributed by atoms with Gasteiger partial charge in [-0.1, -0.05) is 0 Å². The third-order valence-electron chi connectivity index (χ3n) is 2.95. The maximum atomic E-state index is 9.55. The van der Waals surface area contributed by atoms with E-state index in [1.807, 2.05) is 24.4 Å². The van der Waals surface area contributed by atoms with Crippen LogP contribution in [0.1, 0.15) is 5.56 Å². The summed E-state index contributed by atoms with van der Waals surface area (Å²) in [5.41, 5.74) is 7.83. The normalized spacial score (nSPS) is 12.8. The largest absolute Gasteiger partial charge is 0.491 e. The minimum absolute atomic E-state index is 0.218. The first-order chi connectivity index (χ1) is 9.24. The molecule has 0 spiro atoms. The first-order valence-electron chi connectivity index (χ1n) is 6.34. The van der Waals surface area contributed by atoms with Crippen LogP contribution in [-0.4, -0.2) is 43.1 Å². The average molecular weight is 264 g/mol. The van der Waals surface area contributed by atoms with Gasteiger partial charge in [-0.3, -0.25) is 0 Å². The summed E-state index contributed by atoms with van der Waals surface area (Å²) in [6, 6.07) is 5.81. The lowest BCUT2D eigenvalue weighted by atomic mass is 10.1. The van der Waals surface area contributed by atoms with Gasteiger partial charge in [0.15, 0.2) is 0 Å². The van der Waals surface area contributed by atoms with Gasteiger partial charge in [0.25, 0.3) is 0 Å². The van der Waals surface area contributed by atoms with Crippen LogP contribution >= 0.6 is 0 Å². The van der Waals surface area contributed by atoms with E-state index in [1.54, 1.807) is 7.11 Å². The molecule has 5 heteroatoms. The molecule has 0 radical (unpaired) electrons. The van der Waals surface area contributed by atoms with E-state index in [9.17, 15) is 5.11 Å². The van der Waals surface area contributed by atoms with Crippen molar-refractivity contribution >= 4 is 10.9 Å². The van der Waals surface area contributed by atoms with Gasteiger partial charge in [-0.05, 0) is 36.7 Å². The maximum Gasteiger partial charge on any atom is 0.120 e. The number of methoxy groups -OCH3 is 1. The molecule has 4 N–H and O–H groups in total. The Kier molecular flexibility index (Phi) is 4.79. The molecule has 1 aromatic carbocycles. The molecule has 0 saturated heterocycles. The van der Waals surface area contributed by atoms with Gasteiger partial charge in [-0.2, -0.15) is 0 Å². The fourth-order valence-electron chi connectivity index (χ4n) is 2.04. The molecule has 0 aliphatic carbocycles. The Morgan fingerprint density at radius 2 is 2.21 bits per heavy atom. The molecule has 104 valence electrons. The van der Waals surface area contributed by atoms with Crippen LogP contribution in [-0.2, 0) is 11.2 Å². The van der Waals surface area contributed by atoms with Crippen molar-refractivity contribution in [1.29, 1.82) is 0 Å². The lowest BCUT2D eigenvalue weighted by Crippen LogP contribution is -2.22. The van der Waals surface area contributed by atoms with E-state index in [4.69, 9.17) is 15.2 Å². The van der Waals surface area contributed by atoms with Gasteiger partial charge in [0.2, 0.25) is 0 Å². The van der Waals surface area contributed by atoms with Crippen molar-refractivity contribution < 1.29 is 14.6 Å². The number of aliphatic hydroxyl groups is 1. The van der Waals surface area contributed by atoms with Crippen LogP contribution in [0.3, 0.4) is 0 Å². The van der Waals surface area contributed by atoms with Crippen molar-refractivity contribution in [2.75, 3.05) is 26.9 Å². The van der Waals surface area contributed by atoms with Crippen LogP contribution in [0.2, 0.25) is 0 Å². The number of ether oxygens (including phenoxy) is 2. The number of benzene rings is 1. The van der Waals surface area contributed by atoms with E-state index in [-0.39, 0.29) is 13.2 Å². The van der Waals surface area contributed by atoms with E-state index in [0.29, 0.717) is 6.54 Å². The SMILES string of the molecule is COCC(O)COc1ccc2[nH]cc(CCN)c2c1. The number of aliphatic hydroxyl groups excluding tert-OH is 1. The molecule has 2 aromatic rings. The Bertz CT molecular complexity index is 524.